The van der Waals surface area contributed by atoms with Crippen LogP contribution in [0.3, 0.4) is 0 Å². The number of aryl methyl sites for hydroxylation is 1. The van der Waals surface area contributed by atoms with Crippen LogP contribution in [0.4, 0.5) is 0 Å². The summed E-state index contributed by atoms with van der Waals surface area (Å²) in [5.74, 6) is 1.94. The fraction of sp³-hybridized carbons (Fsp3) is 0.333. The monoisotopic (exact) mass is 353 g/mol. The number of carbonyl (C=O) groups excluding carboxylic acids is 1. The zero-order chi connectivity index (χ0) is 15.7. The molecule has 0 aliphatic heterocycles. The third-order valence-electron chi connectivity index (χ3n) is 2.98. The van der Waals surface area contributed by atoms with E-state index in [9.17, 15) is 14.4 Å². The summed E-state index contributed by atoms with van der Waals surface area (Å²) in [5, 5.41) is 2.51. The molecule has 21 heavy (non-hydrogen) atoms. The maximum absolute atomic E-state index is 12.1. The Bertz CT molecular complexity index is 883. The highest BCUT2D eigenvalue weighted by Gasteiger charge is 2.19. The lowest BCUT2D eigenvalue weighted by Crippen LogP contribution is -2.38. The zero-order valence-electron chi connectivity index (χ0n) is 11.4. The molecular formula is C12H12BrN5O3. The Hall–Kier alpha value is -2.34. The smallest absolute Gasteiger partial charge is 0.332 e. The SMILES string of the molecule is C#CCNC(=O)Cn1c(Br)nc2c(=O)n(C)c(=O)n(C)c21. The molecular weight excluding hydrogens is 342 g/mol. The van der Waals surface area contributed by atoms with E-state index in [2.05, 4.69) is 32.2 Å². The molecule has 110 valence electrons. The van der Waals surface area contributed by atoms with Crippen molar-refractivity contribution < 1.29 is 4.79 Å². The van der Waals surface area contributed by atoms with Crippen molar-refractivity contribution in [1.29, 1.82) is 0 Å². The third-order valence-corrected chi connectivity index (χ3v) is 3.59. The van der Waals surface area contributed by atoms with E-state index in [0.29, 0.717) is 0 Å². The predicted octanol–water partition coefficient (Wildman–Crippen LogP) is -1.05. The molecule has 1 amide bonds. The van der Waals surface area contributed by atoms with Crippen molar-refractivity contribution in [2.24, 2.45) is 14.1 Å². The Morgan fingerprint density at radius 1 is 1.38 bits per heavy atom. The van der Waals surface area contributed by atoms with E-state index >= 15 is 0 Å². The maximum Gasteiger partial charge on any atom is 0.332 e. The van der Waals surface area contributed by atoms with Crippen molar-refractivity contribution in [3.63, 3.8) is 0 Å². The van der Waals surface area contributed by atoms with Crippen LogP contribution in [-0.2, 0) is 25.4 Å². The first-order valence-electron chi connectivity index (χ1n) is 5.90. The standard InChI is InChI=1S/C12H12BrN5O3/c1-4-5-14-7(19)6-18-9-8(15-11(18)13)10(20)17(3)12(21)16(9)2/h1H,5-6H2,2-3H3,(H,14,19). The van der Waals surface area contributed by atoms with Crippen molar-refractivity contribution in [3.05, 3.63) is 25.6 Å². The van der Waals surface area contributed by atoms with Gasteiger partial charge in [-0.2, -0.15) is 0 Å². The number of halogens is 1. The maximum atomic E-state index is 12.1. The van der Waals surface area contributed by atoms with Crippen molar-refractivity contribution >= 4 is 33.0 Å². The van der Waals surface area contributed by atoms with Gasteiger partial charge in [0.05, 0.1) is 6.54 Å². The Balaban J connectivity index is 2.64. The summed E-state index contributed by atoms with van der Waals surface area (Å²) in [6, 6.07) is 0. The number of hydrogen-bond acceptors (Lipinski definition) is 4. The van der Waals surface area contributed by atoms with E-state index in [-0.39, 0.29) is 34.9 Å². The van der Waals surface area contributed by atoms with E-state index in [1.807, 2.05) is 0 Å². The van der Waals surface area contributed by atoms with Crippen LogP contribution in [0.25, 0.3) is 11.2 Å². The van der Waals surface area contributed by atoms with Crippen molar-refractivity contribution in [2.75, 3.05) is 6.54 Å². The van der Waals surface area contributed by atoms with Crippen LogP contribution in [0.2, 0.25) is 0 Å². The van der Waals surface area contributed by atoms with E-state index < -0.39 is 11.2 Å². The number of amides is 1. The molecule has 0 aliphatic carbocycles. The molecule has 2 heterocycles. The minimum atomic E-state index is -0.517. The molecule has 0 fully saturated rings. The quantitative estimate of drug-likeness (QED) is 0.562. The first kappa shape index (κ1) is 15.1. The van der Waals surface area contributed by atoms with E-state index in [4.69, 9.17) is 6.42 Å². The summed E-state index contributed by atoms with van der Waals surface area (Å²) < 4.78 is 3.95. The van der Waals surface area contributed by atoms with Crippen LogP contribution in [0.15, 0.2) is 14.3 Å². The van der Waals surface area contributed by atoms with Crippen LogP contribution in [0, 0.1) is 12.3 Å². The molecule has 0 aliphatic rings. The van der Waals surface area contributed by atoms with Crippen LogP contribution < -0.4 is 16.6 Å². The van der Waals surface area contributed by atoms with Gasteiger partial charge in [0.2, 0.25) is 5.91 Å². The number of aromatic nitrogens is 4. The Labute approximate surface area is 127 Å². The summed E-state index contributed by atoms with van der Waals surface area (Å²) >= 11 is 3.19. The van der Waals surface area contributed by atoms with Crippen LogP contribution in [0.5, 0.6) is 0 Å². The number of carbonyl (C=O) groups is 1. The second-order valence-electron chi connectivity index (χ2n) is 4.33. The molecule has 0 radical (unpaired) electrons. The highest BCUT2D eigenvalue weighted by Crippen LogP contribution is 2.16. The summed E-state index contributed by atoms with van der Waals surface area (Å²) in [4.78, 5) is 39.9. The van der Waals surface area contributed by atoms with E-state index in [0.717, 1.165) is 4.57 Å². The summed E-state index contributed by atoms with van der Waals surface area (Å²) in [6.07, 6.45) is 5.07. The van der Waals surface area contributed by atoms with Gasteiger partial charge in [-0.3, -0.25) is 23.3 Å². The van der Waals surface area contributed by atoms with Gasteiger partial charge in [-0.1, -0.05) is 5.92 Å². The third kappa shape index (κ3) is 2.50. The number of fused-ring (bicyclic) bond motifs is 1. The highest BCUT2D eigenvalue weighted by molar-refractivity contribution is 9.10. The molecule has 0 bridgehead atoms. The van der Waals surface area contributed by atoms with Gasteiger partial charge >= 0.3 is 5.69 Å². The number of nitrogens with one attached hydrogen (secondary N) is 1. The molecule has 0 atom stereocenters. The zero-order valence-corrected chi connectivity index (χ0v) is 13.0. The van der Waals surface area contributed by atoms with Crippen molar-refractivity contribution in [1.82, 2.24) is 24.0 Å². The number of hydrogen-bond donors (Lipinski definition) is 1. The molecule has 8 nitrogen and oxygen atoms in total. The second kappa shape index (κ2) is 5.57. The number of rotatable bonds is 3. The molecule has 2 aromatic rings. The topological polar surface area (TPSA) is 90.9 Å². The fourth-order valence-corrected chi connectivity index (χ4v) is 2.42. The normalized spacial score (nSPS) is 10.6. The fourth-order valence-electron chi connectivity index (χ4n) is 1.95. The minimum absolute atomic E-state index is 0.101. The van der Waals surface area contributed by atoms with Gasteiger partial charge in [0.15, 0.2) is 15.9 Å². The lowest BCUT2D eigenvalue weighted by molar-refractivity contribution is -0.121. The minimum Gasteiger partial charge on any atom is -0.344 e. The molecule has 2 aromatic heterocycles. The summed E-state index contributed by atoms with van der Waals surface area (Å²) in [7, 11) is 2.88. The Morgan fingerprint density at radius 2 is 2.05 bits per heavy atom. The molecule has 0 spiro atoms. The van der Waals surface area contributed by atoms with Gasteiger partial charge in [0.1, 0.15) is 6.54 Å². The highest BCUT2D eigenvalue weighted by atomic mass is 79.9. The lowest BCUT2D eigenvalue weighted by Gasteiger charge is -2.09. The second-order valence-corrected chi connectivity index (χ2v) is 5.04. The van der Waals surface area contributed by atoms with Gasteiger partial charge in [-0.15, -0.1) is 6.42 Å². The molecule has 0 saturated carbocycles. The summed E-state index contributed by atoms with van der Waals surface area (Å²) in [5.41, 5.74) is -0.635. The molecule has 0 aromatic carbocycles. The van der Waals surface area contributed by atoms with Crippen LogP contribution >= 0.6 is 15.9 Å². The van der Waals surface area contributed by atoms with Crippen LogP contribution in [-0.4, -0.2) is 31.1 Å². The van der Waals surface area contributed by atoms with Gasteiger partial charge < -0.3 is 5.32 Å². The summed E-state index contributed by atoms with van der Waals surface area (Å²) in [6.45, 7) is -0.0109. The van der Waals surface area contributed by atoms with E-state index in [1.54, 1.807) is 0 Å². The number of imidazole rings is 1. The van der Waals surface area contributed by atoms with Gasteiger partial charge in [0.25, 0.3) is 5.56 Å². The molecule has 0 unspecified atom stereocenters. The average Bonchev–Trinajstić information content (AvgIpc) is 2.78. The van der Waals surface area contributed by atoms with Gasteiger partial charge in [0, 0.05) is 14.1 Å². The molecule has 9 heteroatoms. The molecule has 2 rings (SSSR count). The van der Waals surface area contributed by atoms with Gasteiger partial charge in [-0.05, 0) is 15.9 Å². The first-order valence-corrected chi connectivity index (χ1v) is 6.69. The Morgan fingerprint density at radius 3 is 2.67 bits per heavy atom. The van der Waals surface area contributed by atoms with Crippen molar-refractivity contribution in [3.8, 4) is 12.3 Å². The molecule has 1 N–H and O–H groups in total. The Kier molecular flexibility index (Phi) is 3.99. The number of nitrogens with zero attached hydrogens (tertiary/aromatic N) is 4. The van der Waals surface area contributed by atoms with Crippen molar-refractivity contribution in [2.45, 2.75) is 6.54 Å². The van der Waals surface area contributed by atoms with Crippen LogP contribution in [0.1, 0.15) is 0 Å². The number of terminal acetylenes is 1. The average molecular weight is 354 g/mol. The largest absolute Gasteiger partial charge is 0.344 e. The van der Waals surface area contributed by atoms with E-state index in [1.165, 1.54) is 23.2 Å². The predicted molar refractivity (Wildman–Crippen MR) is 79.8 cm³/mol. The lowest BCUT2D eigenvalue weighted by atomic mass is 10.5. The van der Waals surface area contributed by atoms with Gasteiger partial charge in [-0.25, -0.2) is 9.78 Å². The first-order chi connectivity index (χ1) is 9.88. The molecule has 0 saturated heterocycles.